The molecule has 0 fully saturated rings. The van der Waals surface area contributed by atoms with Crippen molar-refractivity contribution >= 4 is 35.6 Å². The van der Waals surface area contributed by atoms with Crippen LogP contribution in [0.5, 0.6) is 5.75 Å². The molecule has 0 aliphatic heterocycles. The minimum atomic E-state index is 0. The van der Waals surface area contributed by atoms with Crippen LogP contribution in [-0.4, -0.2) is 19.6 Å². The van der Waals surface area contributed by atoms with Crippen molar-refractivity contribution in [2.24, 2.45) is 16.1 Å². The van der Waals surface area contributed by atoms with E-state index in [9.17, 15) is 0 Å². The summed E-state index contributed by atoms with van der Waals surface area (Å²) in [5, 5.41) is 3.06. The van der Waals surface area contributed by atoms with Crippen molar-refractivity contribution < 1.29 is 4.74 Å². The average molecular weight is 391 g/mol. The van der Waals surface area contributed by atoms with Crippen LogP contribution >= 0.6 is 24.0 Å². The number of anilines is 1. The van der Waals surface area contributed by atoms with Crippen molar-refractivity contribution in [1.29, 1.82) is 0 Å². The molecule has 1 aromatic rings. The second-order valence-corrected chi connectivity index (χ2v) is 5.78. The highest BCUT2D eigenvalue weighted by atomic mass is 127. The van der Waals surface area contributed by atoms with Crippen LogP contribution in [0, 0.1) is 5.41 Å². The fourth-order valence-corrected chi connectivity index (χ4v) is 1.67. The molecule has 0 aliphatic rings. The fraction of sp³-hybridized carbons (Fsp3) is 0.533. The maximum Gasteiger partial charge on any atom is 0.193 e. The third-order valence-corrected chi connectivity index (χ3v) is 2.73. The van der Waals surface area contributed by atoms with Gasteiger partial charge in [0.25, 0.3) is 0 Å². The molecule has 5 heteroatoms. The van der Waals surface area contributed by atoms with E-state index in [0.717, 1.165) is 30.8 Å². The van der Waals surface area contributed by atoms with Crippen molar-refractivity contribution in [2.75, 3.05) is 19.0 Å². The number of hydrogen-bond donors (Lipinski definition) is 2. The summed E-state index contributed by atoms with van der Waals surface area (Å²) in [6.45, 7) is 7.45. The number of nitrogens with two attached hydrogens (primary N) is 1. The first-order valence-electron chi connectivity index (χ1n) is 6.62. The van der Waals surface area contributed by atoms with Crippen LogP contribution in [-0.2, 0) is 0 Å². The molecule has 114 valence electrons. The van der Waals surface area contributed by atoms with Crippen LogP contribution < -0.4 is 15.8 Å². The summed E-state index contributed by atoms with van der Waals surface area (Å²) >= 11 is 0. The zero-order valence-electron chi connectivity index (χ0n) is 12.8. The number of benzene rings is 1. The molecule has 0 heterocycles. The van der Waals surface area contributed by atoms with Crippen LogP contribution in [0.2, 0.25) is 0 Å². The van der Waals surface area contributed by atoms with Crippen molar-refractivity contribution in [2.45, 2.75) is 33.6 Å². The van der Waals surface area contributed by atoms with Gasteiger partial charge in [-0.2, -0.15) is 0 Å². The second kappa shape index (κ2) is 9.05. The molecule has 1 rings (SSSR count). The van der Waals surface area contributed by atoms with Gasteiger partial charge in [-0.25, -0.2) is 0 Å². The second-order valence-electron chi connectivity index (χ2n) is 5.78. The van der Waals surface area contributed by atoms with E-state index < -0.39 is 0 Å². The maximum atomic E-state index is 5.83. The van der Waals surface area contributed by atoms with Gasteiger partial charge in [0.1, 0.15) is 5.75 Å². The number of halogens is 1. The monoisotopic (exact) mass is 391 g/mol. The van der Waals surface area contributed by atoms with E-state index in [1.807, 2.05) is 24.3 Å². The Bertz CT molecular complexity index is 410. The predicted molar refractivity (Wildman–Crippen MR) is 97.2 cm³/mol. The fourth-order valence-electron chi connectivity index (χ4n) is 1.67. The molecule has 0 saturated carbocycles. The van der Waals surface area contributed by atoms with Gasteiger partial charge in [-0.1, -0.05) is 20.8 Å². The summed E-state index contributed by atoms with van der Waals surface area (Å²) in [7, 11) is 1.65. The lowest BCUT2D eigenvalue weighted by molar-refractivity contribution is 0.368. The van der Waals surface area contributed by atoms with E-state index >= 15 is 0 Å². The molecule has 3 N–H and O–H groups in total. The third kappa shape index (κ3) is 8.24. The molecule has 0 unspecified atom stereocenters. The lowest BCUT2D eigenvalue weighted by atomic mass is 9.91. The Hall–Kier alpha value is -0.980. The molecule has 0 bridgehead atoms. The molecule has 0 spiro atoms. The Labute approximate surface area is 139 Å². The molecule has 4 nitrogen and oxygen atoms in total. The van der Waals surface area contributed by atoms with Gasteiger partial charge in [0.05, 0.1) is 7.11 Å². The highest BCUT2D eigenvalue weighted by Gasteiger charge is 2.08. The summed E-state index contributed by atoms with van der Waals surface area (Å²) in [4.78, 5) is 4.32. The lowest BCUT2D eigenvalue weighted by Crippen LogP contribution is -2.23. The largest absolute Gasteiger partial charge is 0.497 e. The minimum Gasteiger partial charge on any atom is -0.497 e. The van der Waals surface area contributed by atoms with Gasteiger partial charge >= 0.3 is 0 Å². The first-order chi connectivity index (χ1) is 8.90. The number of guanidine groups is 1. The van der Waals surface area contributed by atoms with Crippen LogP contribution in [0.4, 0.5) is 5.69 Å². The van der Waals surface area contributed by atoms with E-state index in [1.54, 1.807) is 7.11 Å². The SMILES string of the molecule is COc1ccc(NC(N)=NCCCC(C)(C)C)cc1.I. The molecule has 0 atom stereocenters. The van der Waals surface area contributed by atoms with Gasteiger partial charge in [0.15, 0.2) is 5.96 Å². The molecule has 1 aromatic carbocycles. The molecule has 0 radical (unpaired) electrons. The number of nitrogens with zero attached hydrogens (tertiary/aromatic N) is 1. The average Bonchev–Trinajstić information content (AvgIpc) is 2.34. The standard InChI is InChI=1S/C15H25N3O.HI/c1-15(2,3)10-5-11-17-14(16)18-12-6-8-13(19-4)9-7-12;/h6-9H,5,10-11H2,1-4H3,(H3,16,17,18);1H. The number of ether oxygens (including phenoxy) is 1. The van der Waals surface area contributed by atoms with Gasteiger partial charge in [-0.05, 0) is 42.5 Å². The van der Waals surface area contributed by atoms with E-state index in [4.69, 9.17) is 10.5 Å². The number of rotatable bonds is 5. The zero-order chi connectivity index (χ0) is 14.3. The Kier molecular flexibility index (Phi) is 8.60. The summed E-state index contributed by atoms with van der Waals surface area (Å²) < 4.78 is 5.10. The van der Waals surface area contributed by atoms with Crippen molar-refractivity contribution in [3.05, 3.63) is 24.3 Å². The van der Waals surface area contributed by atoms with Gasteiger partial charge in [-0.3, -0.25) is 4.99 Å². The molecule has 20 heavy (non-hydrogen) atoms. The Morgan fingerprint density at radius 3 is 2.35 bits per heavy atom. The van der Waals surface area contributed by atoms with Crippen LogP contribution in [0.1, 0.15) is 33.6 Å². The zero-order valence-corrected chi connectivity index (χ0v) is 15.1. The summed E-state index contributed by atoms with van der Waals surface area (Å²) in [6.07, 6.45) is 2.20. The maximum absolute atomic E-state index is 5.83. The van der Waals surface area contributed by atoms with E-state index in [2.05, 4.69) is 31.1 Å². The molecular weight excluding hydrogens is 365 g/mol. The van der Waals surface area contributed by atoms with Gasteiger partial charge in [0.2, 0.25) is 0 Å². The topological polar surface area (TPSA) is 59.6 Å². The normalized spacial score (nSPS) is 11.7. The minimum absolute atomic E-state index is 0. The third-order valence-electron chi connectivity index (χ3n) is 2.73. The van der Waals surface area contributed by atoms with Crippen molar-refractivity contribution in [1.82, 2.24) is 0 Å². The van der Waals surface area contributed by atoms with Crippen molar-refractivity contribution in [3.8, 4) is 5.75 Å². The summed E-state index contributed by atoms with van der Waals surface area (Å²) in [6, 6.07) is 7.59. The smallest absolute Gasteiger partial charge is 0.193 e. The Morgan fingerprint density at radius 1 is 1.25 bits per heavy atom. The molecule has 0 aliphatic carbocycles. The Balaban J connectivity index is 0.00000361. The van der Waals surface area contributed by atoms with E-state index in [0.29, 0.717) is 11.4 Å². The summed E-state index contributed by atoms with van der Waals surface area (Å²) in [5.74, 6) is 1.28. The van der Waals surface area contributed by atoms with Gasteiger partial charge in [0, 0.05) is 12.2 Å². The first-order valence-corrected chi connectivity index (χ1v) is 6.62. The van der Waals surface area contributed by atoms with Gasteiger partial charge in [-0.15, -0.1) is 24.0 Å². The number of nitrogens with one attached hydrogen (secondary N) is 1. The summed E-state index contributed by atoms with van der Waals surface area (Å²) in [5.41, 5.74) is 7.10. The predicted octanol–water partition coefficient (Wildman–Crippen LogP) is 3.87. The van der Waals surface area contributed by atoms with Gasteiger partial charge < -0.3 is 15.8 Å². The highest BCUT2D eigenvalue weighted by molar-refractivity contribution is 14.0. The van der Waals surface area contributed by atoms with Crippen LogP contribution in [0.25, 0.3) is 0 Å². The number of aliphatic imine (C=N–C) groups is 1. The molecule has 0 saturated heterocycles. The highest BCUT2D eigenvalue weighted by Crippen LogP contribution is 2.20. The molecular formula is C15H26IN3O. The quantitative estimate of drug-likeness (QED) is 0.347. The Morgan fingerprint density at radius 2 is 1.85 bits per heavy atom. The van der Waals surface area contributed by atoms with Crippen LogP contribution in [0.3, 0.4) is 0 Å². The first kappa shape index (κ1) is 19.0. The van der Waals surface area contributed by atoms with Crippen molar-refractivity contribution in [3.63, 3.8) is 0 Å². The molecule has 0 aromatic heterocycles. The van der Waals surface area contributed by atoms with E-state index in [1.165, 1.54) is 0 Å². The number of hydrogen-bond acceptors (Lipinski definition) is 2. The molecule has 0 amide bonds. The number of methoxy groups -OCH3 is 1. The van der Waals surface area contributed by atoms with E-state index in [-0.39, 0.29) is 24.0 Å². The van der Waals surface area contributed by atoms with Crippen LogP contribution in [0.15, 0.2) is 29.3 Å². The lowest BCUT2D eigenvalue weighted by Gasteiger charge is -2.16.